The predicted molar refractivity (Wildman–Crippen MR) is 118 cm³/mol. The summed E-state index contributed by atoms with van der Waals surface area (Å²) in [6.07, 6.45) is 10.00. The number of hydrogen-bond acceptors (Lipinski definition) is 6. The highest BCUT2D eigenvalue weighted by Gasteiger charge is 2.41. The van der Waals surface area contributed by atoms with E-state index in [1.807, 2.05) is 0 Å². The number of carbonyl (C=O) groups excluding carboxylic acids is 2. The number of morpholine rings is 1. The Morgan fingerprint density at radius 2 is 1.33 bits per heavy atom. The Morgan fingerprint density at radius 3 is 1.87 bits per heavy atom. The van der Waals surface area contributed by atoms with Gasteiger partial charge >= 0.3 is 0 Å². The van der Waals surface area contributed by atoms with E-state index < -0.39 is 0 Å². The highest BCUT2D eigenvalue weighted by Crippen LogP contribution is 2.41. The fourth-order valence-electron chi connectivity index (χ4n) is 4.71. The number of carbonyl (C=O) groups is 2. The molecule has 1 heterocycles. The zero-order valence-corrected chi connectivity index (χ0v) is 19.2. The molecule has 2 aliphatic carbocycles. The molecule has 0 spiro atoms. The Hall–Kier alpha value is -1.37. The number of methoxy groups -OCH3 is 2. The first kappa shape index (κ1) is 24.9. The summed E-state index contributed by atoms with van der Waals surface area (Å²) in [5.41, 5.74) is 1.31. The SMILES string of the molecule is COC1=C(OC)C(=O)C2=C(CC(CCCCCCCCN3CCOCC3)C2)C1=O.Cl. The van der Waals surface area contributed by atoms with Gasteiger partial charge in [-0.15, -0.1) is 12.4 Å². The van der Waals surface area contributed by atoms with Gasteiger partial charge in [-0.3, -0.25) is 14.5 Å². The number of unbranched alkanes of at least 4 members (excludes halogenated alkanes) is 5. The predicted octanol–water partition coefficient (Wildman–Crippen LogP) is 3.83. The smallest absolute Gasteiger partial charge is 0.228 e. The minimum absolute atomic E-state index is 0. The van der Waals surface area contributed by atoms with Gasteiger partial charge in [-0.25, -0.2) is 0 Å². The molecule has 3 aliphatic rings. The molecule has 0 bridgehead atoms. The van der Waals surface area contributed by atoms with Crippen molar-refractivity contribution in [1.29, 1.82) is 0 Å². The first-order chi connectivity index (χ1) is 14.2. The molecule has 6 nitrogen and oxygen atoms in total. The second-order valence-corrected chi connectivity index (χ2v) is 8.32. The molecule has 0 aromatic rings. The molecule has 0 saturated carbocycles. The second kappa shape index (κ2) is 12.5. The van der Waals surface area contributed by atoms with Gasteiger partial charge in [-0.05, 0) is 38.1 Å². The Labute approximate surface area is 186 Å². The summed E-state index contributed by atoms with van der Waals surface area (Å²) in [6.45, 7) is 5.12. The van der Waals surface area contributed by atoms with Gasteiger partial charge in [0.15, 0.2) is 0 Å². The summed E-state index contributed by atoms with van der Waals surface area (Å²) in [5.74, 6) is 0.190. The maximum atomic E-state index is 12.6. The standard InChI is InChI=1S/C23H35NO5.ClH/c1-27-22-20(25)18-15-17(16-19(18)21(26)23(22)28-2)9-7-5-3-4-6-8-10-24-11-13-29-14-12-24;/h17H,3-16H2,1-2H3;1H. The number of allylic oxidation sites excluding steroid dienone is 2. The Bertz CT molecular complexity index is 629. The number of halogens is 1. The average Bonchev–Trinajstić information content (AvgIpc) is 3.18. The maximum Gasteiger partial charge on any atom is 0.228 e. The normalized spacial score (nSPS) is 20.5. The van der Waals surface area contributed by atoms with Crippen LogP contribution in [0.25, 0.3) is 0 Å². The largest absolute Gasteiger partial charge is 0.489 e. The molecule has 0 aromatic carbocycles. The van der Waals surface area contributed by atoms with Crippen LogP contribution in [-0.2, 0) is 23.8 Å². The lowest BCUT2D eigenvalue weighted by Crippen LogP contribution is -2.36. The van der Waals surface area contributed by atoms with Crippen LogP contribution in [0.1, 0.15) is 57.8 Å². The molecule has 1 fully saturated rings. The van der Waals surface area contributed by atoms with Crippen molar-refractivity contribution >= 4 is 24.0 Å². The monoisotopic (exact) mass is 441 g/mol. The Kier molecular flexibility index (Phi) is 10.4. The third-order valence-electron chi connectivity index (χ3n) is 6.37. The number of hydrogen-bond donors (Lipinski definition) is 0. The lowest BCUT2D eigenvalue weighted by Gasteiger charge is -2.26. The molecule has 0 unspecified atom stereocenters. The molecular formula is C23H36ClNO5. The van der Waals surface area contributed by atoms with E-state index in [1.54, 1.807) is 0 Å². The van der Waals surface area contributed by atoms with Crippen molar-refractivity contribution < 1.29 is 23.8 Å². The van der Waals surface area contributed by atoms with Gasteiger partial charge in [0.25, 0.3) is 0 Å². The van der Waals surface area contributed by atoms with Gasteiger partial charge < -0.3 is 14.2 Å². The van der Waals surface area contributed by atoms with Gasteiger partial charge in [-0.2, -0.15) is 0 Å². The number of ether oxygens (including phenoxy) is 3. The molecule has 3 rings (SSSR count). The average molecular weight is 442 g/mol. The summed E-state index contributed by atoms with van der Waals surface area (Å²) in [5, 5.41) is 0. The zero-order valence-electron chi connectivity index (χ0n) is 18.4. The van der Waals surface area contributed by atoms with Crippen LogP contribution in [0, 0.1) is 5.92 Å². The fraction of sp³-hybridized carbons (Fsp3) is 0.739. The van der Waals surface area contributed by atoms with E-state index in [0.717, 1.165) is 32.7 Å². The third-order valence-corrected chi connectivity index (χ3v) is 6.37. The molecule has 1 aliphatic heterocycles. The molecule has 30 heavy (non-hydrogen) atoms. The van der Waals surface area contributed by atoms with E-state index in [-0.39, 0.29) is 35.5 Å². The molecule has 0 aromatic heterocycles. The van der Waals surface area contributed by atoms with E-state index in [1.165, 1.54) is 59.3 Å². The number of nitrogens with zero attached hydrogens (tertiary/aromatic N) is 1. The van der Waals surface area contributed by atoms with Crippen LogP contribution in [0.4, 0.5) is 0 Å². The van der Waals surface area contributed by atoms with Gasteiger partial charge in [-0.1, -0.05) is 32.1 Å². The van der Waals surface area contributed by atoms with Crippen LogP contribution < -0.4 is 0 Å². The first-order valence-electron chi connectivity index (χ1n) is 11.1. The molecule has 1 saturated heterocycles. The van der Waals surface area contributed by atoms with Crippen LogP contribution in [0.5, 0.6) is 0 Å². The highest BCUT2D eigenvalue weighted by molar-refractivity contribution is 6.24. The van der Waals surface area contributed by atoms with Gasteiger partial charge in [0.05, 0.1) is 27.4 Å². The van der Waals surface area contributed by atoms with Gasteiger partial charge in [0, 0.05) is 24.2 Å². The first-order valence-corrected chi connectivity index (χ1v) is 11.1. The van der Waals surface area contributed by atoms with E-state index in [9.17, 15) is 9.59 Å². The van der Waals surface area contributed by atoms with Crippen molar-refractivity contribution in [3.05, 3.63) is 22.7 Å². The number of rotatable bonds is 11. The highest BCUT2D eigenvalue weighted by atomic mass is 35.5. The van der Waals surface area contributed by atoms with Gasteiger partial charge in [0.2, 0.25) is 23.1 Å². The molecule has 0 amide bonds. The third kappa shape index (κ3) is 6.08. The lowest BCUT2D eigenvalue weighted by atomic mass is 9.94. The minimum Gasteiger partial charge on any atom is -0.489 e. The quantitative estimate of drug-likeness (QED) is 0.358. The number of ketones is 2. The summed E-state index contributed by atoms with van der Waals surface area (Å²) >= 11 is 0. The maximum absolute atomic E-state index is 12.6. The molecule has 0 N–H and O–H groups in total. The Balaban J connectivity index is 0.00000320. The van der Waals surface area contributed by atoms with Crippen LogP contribution in [0.3, 0.4) is 0 Å². The van der Waals surface area contributed by atoms with Gasteiger partial charge in [0.1, 0.15) is 0 Å². The van der Waals surface area contributed by atoms with Crippen molar-refractivity contribution in [3.63, 3.8) is 0 Å². The number of Topliss-reactive ketones (excluding diaryl/α,β-unsaturated/α-hetero) is 2. The van der Waals surface area contributed by atoms with Crippen molar-refractivity contribution in [2.75, 3.05) is 47.1 Å². The van der Waals surface area contributed by atoms with Crippen molar-refractivity contribution in [2.45, 2.75) is 57.8 Å². The summed E-state index contributed by atoms with van der Waals surface area (Å²) in [4.78, 5) is 27.7. The van der Waals surface area contributed by atoms with Crippen molar-refractivity contribution in [1.82, 2.24) is 4.90 Å². The molecule has 0 radical (unpaired) electrons. The molecule has 170 valence electrons. The van der Waals surface area contributed by atoms with E-state index in [0.29, 0.717) is 29.9 Å². The van der Waals surface area contributed by atoms with Crippen molar-refractivity contribution in [3.8, 4) is 0 Å². The van der Waals surface area contributed by atoms with E-state index in [2.05, 4.69) is 4.90 Å². The Morgan fingerprint density at radius 1 is 0.833 bits per heavy atom. The molecule has 0 atom stereocenters. The summed E-state index contributed by atoms with van der Waals surface area (Å²) in [6, 6.07) is 0. The summed E-state index contributed by atoms with van der Waals surface area (Å²) in [7, 11) is 2.83. The molecular weight excluding hydrogens is 406 g/mol. The van der Waals surface area contributed by atoms with E-state index in [4.69, 9.17) is 14.2 Å². The zero-order chi connectivity index (χ0) is 20.6. The van der Waals surface area contributed by atoms with Crippen LogP contribution in [0.15, 0.2) is 22.7 Å². The fourth-order valence-corrected chi connectivity index (χ4v) is 4.71. The minimum atomic E-state index is -0.165. The van der Waals surface area contributed by atoms with Crippen LogP contribution in [-0.4, -0.2) is 63.5 Å². The van der Waals surface area contributed by atoms with Crippen LogP contribution >= 0.6 is 12.4 Å². The lowest BCUT2D eigenvalue weighted by molar-refractivity contribution is -0.121. The second-order valence-electron chi connectivity index (χ2n) is 8.32. The summed E-state index contributed by atoms with van der Waals surface area (Å²) < 4.78 is 15.7. The topological polar surface area (TPSA) is 65.1 Å². The van der Waals surface area contributed by atoms with Crippen molar-refractivity contribution in [2.24, 2.45) is 5.92 Å². The molecule has 7 heteroatoms. The van der Waals surface area contributed by atoms with Crippen LogP contribution in [0.2, 0.25) is 0 Å². The van der Waals surface area contributed by atoms with E-state index >= 15 is 0 Å².